The van der Waals surface area contributed by atoms with E-state index >= 15 is 0 Å². The maximum Gasteiger partial charge on any atom is 0.0820 e. The van der Waals surface area contributed by atoms with Crippen LogP contribution in [0.25, 0.3) is 0 Å². The molecule has 0 aromatic carbocycles. The van der Waals surface area contributed by atoms with Gasteiger partial charge in [0.25, 0.3) is 0 Å². The largest absolute Gasteiger partial charge is 0.320 e. The van der Waals surface area contributed by atoms with Crippen molar-refractivity contribution in [2.45, 2.75) is 6.92 Å². The summed E-state index contributed by atoms with van der Waals surface area (Å²) in [6.45, 7) is 0.701. The second kappa shape index (κ2) is 28.3. The quantitative estimate of drug-likeness (QED) is 0.0639. The third-order valence-electron chi connectivity index (χ3n) is 0.876. The van der Waals surface area contributed by atoms with E-state index in [-0.39, 0.29) is 0 Å². The number of hydrogen-bond donors (Lipinski definition) is 1. The highest BCUT2D eigenvalue weighted by Crippen LogP contribution is 2.65. The molecule has 0 amide bonds. The smallest absolute Gasteiger partial charge is 0.0820 e. The second-order valence-corrected chi connectivity index (χ2v) is 43.6. The Morgan fingerprint density at radius 2 is 0.889 bits per heavy atom. The highest BCUT2D eigenvalue weighted by atomic mass is 34.1. The fraction of sp³-hybridized carbons (Fsp3) is 1.00. The maximum absolute atomic E-state index is 8.53. The van der Waals surface area contributed by atoms with Gasteiger partial charge in [0, 0.05) is 187 Å². The molecule has 0 fully saturated rings. The third kappa shape index (κ3) is 29.8. The molecule has 27 heavy (non-hydrogen) atoms. The van der Waals surface area contributed by atoms with Crippen molar-refractivity contribution >= 4 is 227 Å². The molecular weight excluding hydrogens is 794 g/mol. The van der Waals surface area contributed by atoms with E-state index in [0.717, 1.165) is 11.1 Å². The Balaban J connectivity index is 3.11. The first-order valence-electron chi connectivity index (χ1n) is 5.01. The van der Waals surface area contributed by atoms with E-state index in [9.17, 15) is 0 Å². The minimum atomic E-state index is -1.80. The highest BCUT2D eigenvalue weighted by Gasteiger charge is 2.04. The van der Waals surface area contributed by atoms with Crippen LogP contribution >= 0.6 is 198 Å². The Morgan fingerprint density at radius 3 is 1.19 bits per heavy atom. The lowest BCUT2D eigenvalue weighted by Crippen LogP contribution is -1.93. The molecule has 0 aliphatic carbocycles. The molecule has 0 heterocycles. The molecule has 0 saturated carbocycles. The van der Waals surface area contributed by atoms with Gasteiger partial charge in [-0.15, -0.1) is 0 Å². The first kappa shape index (κ1) is 34.7. The van der Waals surface area contributed by atoms with E-state index in [2.05, 4.69) is 0 Å². The maximum atomic E-state index is 8.53. The second-order valence-electron chi connectivity index (χ2n) is 2.18. The first-order chi connectivity index (χ1) is 13.1. The van der Waals surface area contributed by atoms with Crippen molar-refractivity contribution in [3.63, 3.8) is 0 Å². The summed E-state index contributed by atoms with van der Waals surface area (Å²) in [5, 5.41) is 0. The molecule has 0 bridgehead atoms. The van der Waals surface area contributed by atoms with Crippen molar-refractivity contribution < 1.29 is 8.74 Å². The molecule has 1 N–H and O–H groups in total. The summed E-state index contributed by atoms with van der Waals surface area (Å²) in [7, 11) is 32.1. The van der Waals surface area contributed by atoms with Crippen molar-refractivity contribution in [1.29, 1.82) is 0 Å². The monoisotopic (exact) mass is 797 g/mol. The molecule has 0 spiro atoms. The van der Waals surface area contributed by atoms with Crippen molar-refractivity contribution in [3.05, 3.63) is 0 Å². The Bertz CT molecular complexity index is 380. The van der Waals surface area contributed by atoms with Gasteiger partial charge in [-0.25, -0.2) is 0 Å². The summed E-state index contributed by atoms with van der Waals surface area (Å²) in [5.74, 6) is 0. The Labute approximate surface area is 243 Å². The fourth-order valence-corrected chi connectivity index (χ4v) is 56.1. The first-order valence-corrected chi connectivity index (χ1v) is 35.0. The lowest BCUT2D eigenvalue weighted by molar-refractivity contribution is 0.402. The van der Waals surface area contributed by atoms with Crippen molar-refractivity contribution in [1.82, 2.24) is 0 Å². The minimum absolute atomic E-state index is 0.581. The molecule has 0 saturated heterocycles. The molecule has 0 aliphatic heterocycles. The Kier molecular flexibility index (Phi) is 36.4. The van der Waals surface area contributed by atoms with Crippen molar-refractivity contribution in [2.75, 3.05) is 6.61 Å². The molecule has 0 atom stereocenters. The lowest BCUT2D eigenvalue weighted by Gasteiger charge is -2.06. The number of hydrogen-bond acceptors (Lipinski definition) is 24. The zero-order chi connectivity index (χ0) is 20.1. The van der Waals surface area contributed by atoms with E-state index in [4.69, 9.17) is 31.1 Å². The van der Waals surface area contributed by atoms with Crippen LogP contribution in [0.1, 0.15) is 6.92 Å². The summed E-state index contributed by atoms with van der Waals surface area (Å²) in [6, 6.07) is 0. The summed E-state index contributed by atoms with van der Waals surface area (Å²) in [5.41, 5.74) is 0. The van der Waals surface area contributed by atoms with E-state index in [0.29, 0.717) is 6.61 Å². The topological polar surface area (TPSA) is 29.5 Å². The Hall–Kier alpha value is 7.71. The van der Waals surface area contributed by atoms with Crippen LogP contribution in [0.2, 0.25) is 0 Å². The number of rotatable bonds is 22. The van der Waals surface area contributed by atoms with Gasteiger partial charge in [-0.1, -0.05) is 0 Å². The average Bonchev–Trinajstić information content (AvgIpc) is 2.63. The van der Waals surface area contributed by atoms with Crippen LogP contribution in [0.15, 0.2) is 0 Å². The van der Waals surface area contributed by atoms with Crippen LogP contribution in [-0.4, -0.2) is 11.2 Å². The van der Waals surface area contributed by atoms with Gasteiger partial charge in [0.1, 0.15) is 0 Å². The van der Waals surface area contributed by atoms with E-state index < -0.39 is 6.46 Å². The average molecular weight is 800 g/mol. The normalized spacial score (nSPS) is 11.9. The summed E-state index contributed by atoms with van der Waals surface area (Å²) < 4.78 is 13.9. The van der Waals surface area contributed by atoms with Crippen molar-refractivity contribution in [3.8, 4) is 0 Å². The standard InChI is InChI=1S/C2H6O2S23/c1-2-4-27(5,6)26-25-24-23-22-21-20-19-18-17-16-15-14-13-12-11-10-9-8-7-3/h3H,2H2,1H3. The molecule has 0 unspecified atom stereocenters. The predicted octanol–water partition coefficient (Wildman–Crippen LogP) is 13.5. The molecule has 0 aromatic heterocycles. The summed E-state index contributed by atoms with van der Waals surface area (Å²) in [4.78, 5) is 0. The van der Waals surface area contributed by atoms with Gasteiger partial charge in [-0.3, -0.25) is 0 Å². The van der Waals surface area contributed by atoms with E-state index in [1.807, 2.05) is 6.92 Å². The minimum Gasteiger partial charge on any atom is -0.320 e. The molecule has 25 heteroatoms. The summed E-state index contributed by atoms with van der Waals surface area (Å²) in [6.07, 6.45) is 0. The van der Waals surface area contributed by atoms with Gasteiger partial charge in [0.05, 0.1) is 24.1 Å². The van der Waals surface area contributed by atoms with Crippen molar-refractivity contribution in [2.24, 2.45) is 0 Å². The van der Waals surface area contributed by atoms with Gasteiger partial charge in [-0.05, 0) is 29.3 Å². The van der Waals surface area contributed by atoms with E-state index in [1.54, 1.807) is 167 Å². The summed E-state index contributed by atoms with van der Waals surface area (Å²) >= 11 is 11.2. The zero-order valence-corrected chi connectivity index (χ0v) is 30.7. The highest BCUT2D eigenvalue weighted by molar-refractivity contribution is 9.59. The van der Waals surface area contributed by atoms with Crippen LogP contribution in [0, 0.1) is 0 Å². The molecule has 0 rings (SSSR count). The Morgan fingerprint density at radius 1 is 0.593 bits per heavy atom. The third-order valence-corrected chi connectivity index (χ3v) is 48.2. The molecule has 0 aliphatic rings. The molecular formula is C2H6O2S23. The van der Waals surface area contributed by atoms with Crippen LogP contribution in [0.5, 0.6) is 0 Å². The van der Waals surface area contributed by atoms with Crippen LogP contribution in [0.3, 0.4) is 0 Å². The molecule has 2 nitrogen and oxygen atoms in total. The predicted molar refractivity (Wildman–Crippen MR) is 188 cm³/mol. The lowest BCUT2D eigenvalue weighted by atomic mass is 10.9. The van der Waals surface area contributed by atoms with Gasteiger partial charge in [0.15, 0.2) is 0 Å². The molecule has 164 valence electrons. The zero-order valence-electron chi connectivity index (χ0n) is 12.0. The SMILES string of the molecule is CCOS(=S)(=S)SSSSSSSSSSSSSSSSSSSSO. The van der Waals surface area contributed by atoms with E-state index in [1.165, 1.54) is 19.7 Å². The van der Waals surface area contributed by atoms with Crippen LogP contribution in [0.4, 0.5) is 0 Å². The van der Waals surface area contributed by atoms with Gasteiger partial charge < -0.3 is 8.74 Å². The van der Waals surface area contributed by atoms with Gasteiger partial charge in [-0.2, -0.15) is 0 Å². The van der Waals surface area contributed by atoms with Gasteiger partial charge in [0.2, 0.25) is 0 Å². The molecule has 0 aromatic rings. The molecule has 0 radical (unpaired) electrons. The fourth-order valence-electron chi connectivity index (χ4n) is 0.403. The van der Waals surface area contributed by atoms with Crippen LogP contribution in [-0.2, 0) is 33.0 Å². The van der Waals surface area contributed by atoms with Gasteiger partial charge >= 0.3 is 0 Å². The van der Waals surface area contributed by atoms with Crippen LogP contribution < -0.4 is 0 Å².